The Morgan fingerprint density at radius 2 is 1.95 bits per heavy atom. The number of alkyl halides is 1. The van der Waals surface area contributed by atoms with Crippen LogP contribution in [0.15, 0.2) is 67.3 Å². The number of aliphatic hydroxyl groups excluding tert-OH is 1. The number of amides is 2. The lowest BCUT2D eigenvalue weighted by molar-refractivity contribution is -0.155. The maximum Gasteiger partial charge on any atom is 0.312 e. The molecule has 3 aliphatic heterocycles. The lowest BCUT2D eigenvalue weighted by Crippen LogP contribution is -2.57. The quantitative estimate of drug-likeness (QED) is 0.249. The summed E-state index contributed by atoms with van der Waals surface area (Å²) in [5.74, 6) is -2.50. The summed E-state index contributed by atoms with van der Waals surface area (Å²) in [7, 11) is 1.56. The third-order valence-electron chi connectivity index (χ3n) is 8.17. The van der Waals surface area contributed by atoms with Gasteiger partial charge in [-0.3, -0.25) is 14.4 Å². The third kappa shape index (κ3) is 4.42. The molecule has 10 heteroatoms. The molecule has 5 rings (SSSR count). The molecule has 2 aromatic carbocycles. The van der Waals surface area contributed by atoms with Gasteiger partial charge in [-0.25, -0.2) is 0 Å². The number of rotatable bonds is 10. The highest BCUT2D eigenvalue weighted by Crippen LogP contribution is 2.61. The van der Waals surface area contributed by atoms with Crippen LogP contribution in [0.5, 0.6) is 5.75 Å². The molecule has 3 fully saturated rings. The van der Waals surface area contributed by atoms with Crippen molar-refractivity contribution in [3.05, 3.63) is 72.8 Å². The van der Waals surface area contributed by atoms with E-state index in [1.54, 1.807) is 61.4 Å². The van der Waals surface area contributed by atoms with Crippen molar-refractivity contribution in [1.29, 1.82) is 0 Å². The Labute approximate surface area is 241 Å². The van der Waals surface area contributed by atoms with Crippen molar-refractivity contribution in [3.63, 3.8) is 0 Å². The standard InChI is InChI=1S/C30H33BrN2O7/c1-4-15-32(19-11-13-20(38-3)14-12-19)28(36)26-30-16-21(31)25(40-30)23(29(37)39-5-2)24(30)27(35)33(26)22(17-34)18-9-7-6-8-10-18/h4,6-14,21-26,34H,1,5,15-17H2,2-3H3/t21?,22-,23+,24+,25+,26?,30?/m1/s1. The van der Waals surface area contributed by atoms with Gasteiger partial charge in [-0.1, -0.05) is 52.3 Å². The van der Waals surface area contributed by atoms with Crippen LogP contribution in [0.3, 0.4) is 0 Å². The molecule has 3 heterocycles. The van der Waals surface area contributed by atoms with Gasteiger partial charge in [0.15, 0.2) is 0 Å². The van der Waals surface area contributed by atoms with Crippen LogP contribution in [0.1, 0.15) is 24.9 Å². The minimum absolute atomic E-state index is 0.156. The average Bonchev–Trinajstić information content (AvgIpc) is 3.56. The molecule has 2 amide bonds. The van der Waals surface area contributed by atoms with E-state index in [9.17, 15) is 19.5 Å². The van der Waals surface area contributed by atoms with Crippen molar-refractivity contribution in [3.8, 4) is 5.75 Å². The summed E-state index contributed by atoms with van der Waals surface area (Å²) in [5.41, 5.74) is -0.0358. The lowest BCUT2D eigenvalue weighted by Gasteiger charge is -2.39. The second kappa shape index (κ2) is 11.3. The second-order valence-electron chi connectivity index (χ2n) is 10.2. The van der Waals surface area contributed by atoms with E-state index in [4.69, 9.17) is 14.2 Å². The average molecular weight is 614 g/mol. The molecule has 3 saturated heterocycles. The van der Waals surface area contributed by atoms with E-state index in [2.05, 4.69) is 22.5 Å². The summed E-state index contributed by atoms with van der Waals surface area (Å²) < 4.78 is 17.2. The zero-order chi connectivity index (χ0) is 28.6. The summed E-state index contributed by atoms with van der Waals surface area (Å²) in [6.07, 6.45) is 1.33. The molecule has 0 saturated carbocycles. The summed E-state index contributed by atoms with van der Waals surface area (Å²) in [5, 5.41) is 10.6. The molecule has 1 N–H and O–H groups in total. The van der Waals surface area contributed by atoms with Gasteiger partial charge in [0.1, 0.15) is 17.4 Å². The van der Waals surface area contributed by atoms with Gasteiger partial charge in [0, 0.05) is 17.1 Å². The highest BCUT2D eigenvalue weighted by atomic mass is 79.9. The van der Waals surface area contributed by atoms with E-state index in [0.717, 1.165) is 0 Å². The number of ether oxygens (including phenoxy) is 3. The number of benzene rings is 2. The zero-order valence-electron chi connectivity index (χ0n) is 22.4. The molecule has 212 valence electrons. The number of halogens is 1. The summed E-state index contributed by atoms with van der Waals surface area (Å²) in [4.78, 5) is 45.0. The van der Waals surface area contributed by atoms with Crippen molar-refractivity contribution in [2.75, 3.05) is 31.8 Å². The Hall–Kier alpha value is -3.21. The van der Waals surface area contributed by atoms with Crippen molar-refractivity contribution < 1.29 is 33.7 Å². The number of esters is 1. The van der Waals surface area contributed by atoms with Crippen LogP contribution < -0.4 is 9.64 Å². The largest absolute Gasteiger partial charge is 0.497 e. The van der Waals surface area contributed by atoms with Gasteiger partial charge in [0.05, 0.1) is 44.3 Å². The highest BCUT2D eigenvalue weighted by molar-refractivity contribution is 9.09. The molecule has 3 aliphatic rings. The molecular weight excluding hydrogens is 580 g/mol. The molecule has 7 atom stereocenters. The van der Waals surface area contributed by atoms with Crippen molar-refractivity contribution in [1.82, 2.24) is 4.90 Å². The topological polar surface area (TPSA) is 106 Å². The summed E-state index contributed by atoms with van der Waals surface area (Å²) >= 11 is 3.66. The fourth-order valence-corrected chi connectivity index (χ4v) is 7.52. The van der Waals surface area contributed by atoms with Gasteiger partial charge in [0.25, 0.3) is 5.91 Å². The van der Waals surface area contributed by atoms with E-state index in [-0.39, 0.29) is 23.9 Å². The van der Waals surface area contributed by atoms with E-state index < -0.39 is 54.1 Å². The van der Waals surface area contributed by atoms with Crippen LogP contribution in [0.2, 0.25) is 0 Å². The molecule has 0 radical (unpaired) electrons. The fraction of sp³-hybridized carbons (Fsp3) is 0.433. The summed E-state index contributed by atoms with van der Waals surface area (Å²) in [6.45, 7) is 5.46. The Morgan fingerprint density at radius 3 is 2.55 bits per heavy atom. The molecule has 40 heavy (non-hydrogen) atoms. The van der Waals surface area contributed by atoms with Crippen LogP contribution in [-0.2, 0) is 23.9 Å². The van der Waals surface area contributed by atoms with E-state index in [1.807, 2.05) is 18.2 Å². The second-order valence-corrected chi connectivity index (χ2v) is 11.4. The Bertz CT molecular complexity index is 1270. The summed E-state index contributed by atoms with van der Waals surface area (Å²) in [6, 6.07) is 14.2. The maximum atomic E-state index is 14.7. The van der Waals surface area contributed by atoms with Gasteiger partial charge in [-0.15, -0.1) is 6.58 Å². The first-order valence-electron chi connectivity index (χ1n) is 13.4. The molecular formula is C30H33BrN2O7. The van der Waals surface area contributed by atoms with Gasteiger partial charge < -0.3 is 29.1 Å². The van der Waals surface area contributed by atoms with Crippen LogP contribution in [0.25, 0.3) is 0 Å². The molecule has 0 aromatic heterocycles. The molecule has 0 aliphatic carbocycles. The molecule has 2 bridgehead atoms. The van der Waals surface area contributed by atoms with Crippen molar-refractivity contribution in [2.45, 2.75) is 42.0 Å². The van der Waals surface area contributed by atoms with Crippen molar-refractivity contribution >= 4 is 39.4 Å². The molecule has 2 aromatic rings. The number of hydrogen-bond donors (Lipinski definition) is 1. The number of hydrogen-bond acceptors (Lipinski definition) is 7. The SMILES string of the molecule is C=CCN(C(=O)C1N([C@H](CO)c2ccccc2)C(=O)[C@@H]2[C@H](C(=O)OCC)[C@H]3OC12CC3Br)c1ccc(OC)cc1. The highest BCUT2D eigenvalue weighted by Gasteiger charge is 2.77. The van der Waals surface area contributed by atoms with E-state index >= 15 is 0 Å². The van der Waals surface area contributed by atoms with Crippen LogP contribution in [0, 0.1) is 11.8 Å². The normalized spacial score (nSPS) is 29.1. The number of nitrogens with zero attached hydrogens (tertiary/aromatic N) is 2. The van der Waals surface area contributed by atoms with E-state index in [0.29, 0.717) is 23.4 Å². The predicted molar refractivity (Wildman–Crippen MR) is 151 cm³/mol. The van der Waals surface area contributed by atoms with Crippen LogP contribution >= 0.6 is 15.9 Å². The van der Waals surface area contributed by atoms with Gasteiger partial charge in [-0.05, 0) is 43.2 Å². The number of carbonyl (C=O) groups excluding carboxylic acids is 3. The van der Waals surface area contributed by atoms with Crippen molar-refractivity contribution in [2.24, 2.45) is 11.8 Å². The van der Waals surface area contributed by atoms with Gasteiger partial charge in [0.2, 0.25) is 5.91 Å². The Morgan fingerprint density at radius 1 is 1.25 bits per heavy atom. The van der Waals surface area contributed by atoms with Gasteiger partial charge in [-0.2, -0.15) is 0 Å². The molecule has 1 spiro atoms. The number of carbonyl (C=O) groups is 3. The smallest absolute Gasteiger partial charge is 0.312 e. The van der Waals surface area contributed by atoms with Gasteiger partial charge >= 0.3 is 5.97 Å². The minimum atomic E-state index is -1.29. The molecule has 9 nitrogen and oxygen atoms in total. The molecule has 3 unspecified atom stereocenters. The first-order chi connectivity index (χ1) is 19.3. The van der Waals surface area contributed by atoms with E-state index in [1.165, 1.54) is 4.90 Å². The fourth-order valence-electron chi connectivity index (χ4n) is 6.58. The number of aliphatic hydroxyl groups is 1. The number of methoxy groups -OCH3 is 1. The third-order valence-corrected chi connectivity index (χ3v) is 9.02. The van der Waals surface area contributed by atoms with Crippen LogP contribution in [0.4, 0.5) is 5.69 Å². The Kier molecular flexibility index (Phi) is 8.03. The number of fused-ring (bicyclic) bond motifs is 1. The first-order valence-corrected chi connectivity index (χ1v) is 14.3. The Balaban J connectivity index is 1.65. The number of anilines is 1. The minimum Gasteiger partial charge on any atom is -0.497 e. The predicted octanol–water partition coefficient (Wildman–Crippen LogP) is 3.26. The van der Waals surface area contributed by atoms with Crippen LogP contribution in [-0.4, -0.2) is 77.2 Å². The number of likely N-dealkylation sites (tertiary alicyclic amines) is 1. The lowest BCUT2D eigenvalue weighted by atomic mass is 9.70. The first kappa shape index (κ1) is 28.3. The maximum absolute atomic E-state index is 14.7. The zero-order valence-corrected chi connectivity index (χ0v) is 24.0. The monoisotopic (exact) mass is 612 g/mol.